The SMILES string of the molecule is CCNS(=O)(=O)[C@H]1CCN(Cc2cccnc2C)C1. The topological polar surface area (TPSA) is 62.3 Å². The van der Waals surface area contributed by atoms with Crippen molar-refractivity contribution in [1.82, 2.24) is 14.6 Å². The molecule has 1 N–H and O–H groups in total. The molecule has 1 aliphatic heterocycles. The summed E-state index contributed by atoms with van der Waals surface area (Å²) in [5.41, 5.74) is 2.18. The van der Waals surface area contributed by atoms with E-state index in [1.54, 1.807) is 6.20 Å². The maximum absolute atomic E-state index is 11.9. The fourth-order valence-corrected chi connectivity index (χ4v) is 3.90. The van der Waals surface area contributed by atoms with Crippen LogP contribution >= 0.6 is 0 Å². The first-order chi connectivity index (χ1) is 9.03. The highest BCUT2D eigenvalue weighted by Gasteiger charge is 2.32. The number of rotatable bonds is 5. The van der Waals surface area contributed by atoms with Crippen molar-refractivity contribution in [3.63, 3.8) is 0 Å². The Morgan fingerprint density at radius 3 is 3.00 bits per heavy atom. The highest BCUT2D eigenvalue weighted by atomic mass is 32.2. The van der Waals surface area contributed by atoms with E-state index in [0.717, 1.165) is 18.8 Å². The minimum absolute atomic E-state index is 0.288. The molecule has 1 saturated heterocycles. The second-order valence-electron chi connectivity index (χ2n) is 4.94. The molecule has 0 aliphatic carbocycles. The van der Waals surface area contributed by atoms with Gasteiger partial charge in [0.05, 0.1) is 5.25 Å². The van der Waals surface area contributed by atoms with Crippen LogP contribution in [0.15, 0.2) is 18.3 Å². The maximum Gasteiger partial charge on any atom is 0.215 e. The molecule has 1 aliphatic rings. The summed E-state index contributed by atoms with van der Waals surface area (Å²) in [6.07, 6.45) is 2.48. The molecule has 1 aromatic heterocycles. The molecule has 6 heteroatoms. The first kappa shape index (κ1) is 14.4. The van der Waals surface area contributed by atoms with Gasteiger partial charge in [0.1, 0.15) is 0 Å². The van der Waals surface area contributed by atoms with E-state index < -0.39 is 10.0 Å². The van der Waals surface area contributed by atoms with Crippen molar-refractivity contribution in [3.8, 4) is 0 Å². The van der Waals surface area contributed by atoms with E-state index in [-0.39, 0.29) is 5.25 Å². The molecule has 2 heterocycles. The number of nitrogens with one attached hydrogen (secondary N) is 1. The van der Waals surface area contributed by atoms with Crippen LogP contribution in [-0.2, 0) is 16.6 Å². The lowest BCUT2D eigenvalue weighted by molar-refractivity contribution is 0.330. The summed E-state index contributed by atoms with van der Waals surface area (Å²) >= 11 is 0. The molecule has 1 fully saturated rings. The monoisotopic (exact) mass is 283 g/mol. The van der Waals surface area contributed by atoms with Crippen LogP contribution in [0.25, 0.3) is 0 Å². The normalized spacial score (nSPS) is 20.8. The molecule has 2 rings (SSSR count). The smallest absolute Gasteiger partial charge is 0.215 e. The molecule has 0 spiro atoms. The van der Waals surface area contributed by atoms with Crippen LogP contribution in [0.1, 0.15) is 24.6 Å². The Hall–Kier alpha value is -0.980. The van der Waals surface area contributed by atoms with Crippen LogP contribution in [0, 0.1) is 6.92 Å². The second-order valence-corrected chi connectivity index (χ2v) is 6.98. The third kappa shape index (κ3) is 3.52. The number of hydrogen-bond acceptors (Lipinski definition) is 4. The van der Waals surface area contributed by atoms with Crippen LogP contribution in [-0.4, -0.2) is 43.2 Å². The van der Waals surface area contributed by atoms with Crippen LogP contribution in [0.4, 0.5) is 0 Å². The van der Waals surface area contributed by atoms with E-state index in [9.17, 15) is 8.42 Å². The number of pyridine rings is 1. The van der Waals surface area contributed by atoms with Crippen molar-refractivity contribution in [2.45, 2.75) is 32.1 Å². The van der Waals surface area contributed by atoms with Gasteiger partial charge in [-0.3, -0.25) is 9.88 Å². The highest BCUT2D eigenvalue weighted by molar-refractivity contribution is 7.90. The van der Waals surface area contributed by atoms with Crippen LogP contribution in [0.5, 0.6) is 0 Å². The molecule has 1 aromatic rings. The van der Waals surface area contributed by atoms with E-state index in [2.05, 4.69) is 20.7 Å². The van der Waals surface area contributed by atoms with Crippen LogP contribution in [0.3, 0.4) is 0 Å². The Kier molecular flexibility index (Phi) is 4.54. The van der Waals surface area contributed by atoms with Gasteiger partial charge < -0.3 is 0 Å². The van der Waals surface area contributed by atoms with E-state index in [1.807, 2.05) is 19.9 Å². The predicted octanol–water partition coefficient (Wildman–Crippen LogP) is 0.904. The zero-order valence-corrected chi connectivity index (χ0v) is 12.3. The van der Waals surface area contributed by atoms with Crippen molar-refractivity contribution in [2.75, 3.05) is 19.6 Å². The molecule has 0 aromatic carbocycles. The zero-order chi connectivity index (χ0) is 13.9. The van der Waals surface area contributed by atoms with E-state index in [0.29, 0.717) is 19.5 Å². The van der Waals surface area contributed by atoms with Gasteiger partial charge in [0.25, 0.3) is 0 Å². The van der Waals surface area contributed by atoms with Gasteiger partial charge in [0, 0.05) is 31.5 Å². The minimum Gasteiger partial charge on any atom is -0.298 e. The number of aryl methyl sites for hydroxylation is 1. The standard InChI is InChI=1S/C13H21N3O2S/c1-3-15-19(17,18)13-6-8-16(10-13)9-12-5-4-7-14-11(12)2/h4-5,7,13,15H,3,6,8-10H2,1-2H3/t13-/m0/s1. The number of hydrogen-bond donors (Lipinski definition) is 1. The summed E-state index contributed by atoms with van der Waals surface area (Å²) in [7, 11) is -3.15. The van der Waals surface area contributed by atoms with E-state index in [4.69, 9.17) is 0 Å². The fourth-order valence-electron chi connectivity index (χ4n) is 2.44. The Morgan fingerprint density at radius 1 is 1.53 bits per heavy atom. The molecule has 0 bridgehead atoms. The van der Waals surface area contributed by atoms with Gasteiger partial charge in [-0.05, 0) is 31.5 Å². The van der Waals surface area contributed by atoms with Crippen molar-refractivity contribution >= 4 is 10.0 Å². The molecule has 0 radical (unpaired) electrons. The summed E-state index contributed by atoms with van der Waals surface area (Å²) in [5, 5.41) is -0.288. The molecule has 0 amide bonds. The van der Waals surface area contributed by atoms with Gasteiger partial charge in [0.15, 0.2) is 0 Å². The second kappa shape index (κ2) is 5.98. The lowest BCUT2D eigenvalue weighted by atomic mass is 10.2. The molecule has 19 heavy (non-hydrogen) atoms. The van der Waals surface area contributed by atoms with Gasteiger partial charge in [-0.1, -0.05) is 13.0 Å². The summed E-state index contributed by atoms with van der Waals surface area (Å²) in [4.78, 5) is 6.45. The average molecular weight is 283 g/mol. The number of sulfonamides is 1. The first-order valence-electron chi connectivity index (χ1n) is 6.64. The fraction of sp³-hybridized carbons (Fsp3) is 0.615. The predicted molar refractivity (Wildman–Crippen MR) is 75.3 cm³/mol. The Morgan fingerprint density at radius 2 is 2.32 bits per heavy atom. The van der Waals surface area contributed by atoms with Gasteiger partial charge in [-0.25, -0.2) is 13.1 Å². The third-order valence-corrected chi connectivity index (χ3v) is 5.48. The van der Waals surface area contributed by atoms with Crippen molar-refractivity contribution < 1.29 is 8.42 Å². The molecule has 0 saturated carbocycles. The number of aromatic nitrogens is 1. The molecule has 0 unspecified atom stereocenters. The summed E-state index contributed by atoms with van der Waals surface area (Å²) in [5.74, 6) is 0. The number of likely N-dealkylation sites (tertiary alicyclic amines) is 1. The highest BCUT2D eigenvalue weighted by Crippen LogP contribution is 2.19. The largest absolute Gasteiger partial charge is 0.298 e. The maximum atomic E-state index is 11.9. The van der Waals surface area contributed by atoms with Crippen molar-refractivity contribution in [1.29, 1.82) is 0 Å². The van der Waals surface area contributed by atoms with Gasteiger partial charge >= 0.3 is 0 Å². The van der Waals surface area contributed by atoms with E-state index in [1.165, 1.54) is 5.56 Å². The third-order valence-electron chi connectivity index (χ3n) is 3.52. The molecule has 106 valence electrons. The zero-order valence-electron chi connectivity index (χ0n) is 11.5. The van der Waals surface area contributed by atoms with Gasteiger partial charge in [0.2, 0.25) is 10.0 Å². The van der Waals surface area contributed by atoms with Crippen LogP contribution in [0.2, 0.25) is 0 Å². The summed E-state index contributed by atoms with van der Waals surface area (Å²) in [6, 6.07) is 3.97. The molecule has 1 atom stereocenters. The molecular weight excluding hydrogens is 262 g/mol. The van der Waals surface area contributed by atoms with Crippen molar-refractivity contribution in [3.05, 3.63) is 29.6 Å². The lowest BCUT2D eigenvalue weighted by Crippen LogP contribution is -2.36. The summed E-state index contributed by atoms with van der Waals surface area (Å²) in [6.45, 7) is 6.45. The van der Waals surface area contributed by atoms with E-state index >= 15 is 0 Å². The lowest BCUT2D eigenvalue weighted by Gasteiger charge is -2.17. The Labute approximate surface area is 115 Å². The molecule has 5 nitrogen and oxygen atoms in total. The summed E-state index contributed by atoms with van der Waals surface area (Å²) < 4.78 is 26.5. The minimum atomic E-state index is -3.15. The quantitative estimate of drug-likeness (QED) is 0.872. The Bertz CT molecular complexity index is 530. The molecular formula is C13H21N3O2S. The van der Waals surface area contributed by atoms with Crippen LogP contribution < -0.4 is 4.72 Å². The van der Waals surface area contributed by atoms with Gasteiger partial charge in [-0.15, -0.1) is 0 Å². The van der Waals surface area contributed by atoms with Gasteiger partial charge in [-0.2, -0.15) is 0 Å². The number of nitrogens with zero attached hydrogens (tertiary/aromatic N) is 2. The van der Waals surface area contributed by atoms with Crippen molar-refractivity contribution in [2.24, 2.45) is 0 Å². The first-order valence-corrected chi connectivity index (χ1v) is 8.19. The Balaban J connectivity index is 1.98. The average Bonchev–Trinajstić information content (AvgIpc) is 2.81.